The highest BCUT2D eigenvalue weighted by molar-refractivity contribution is 9.09. The molecule has 3 fully saturated rings. The van der Waals surface area contributed by atoms with Gasteiger partial charge in [0.1, 0.15) is 49.1 Å². The lowest BCUT2D eigenvalue weighted by Gasteiger charge is -2.36. The number of para-hydroxylation sites is 6. The van der Waals surface area contributed by atoms with Crippen molar-refractivity contribution in [3.8, 4) is 17.2 Å². The number of unbranched alkanes of at least 4 members (excludes halogenated alkanes) is 3. The molecule has 3 aliphatic rings. The summed E-state index contributed by atoms with van der Waals surface area (Å²) in [6.45, 7) is 15.1. The molecule has 88 heavy (non-hydrogen) atoms. The summed E-state index contributed by atoms with van der Waals surface area (Å²) in [4.78, 5) is 84.0. The number of halogens is 3. The van der Waals surface area contributed by atoms with Crippen molar-refractivity contribution in [2.24, 2.45) is 21.1 Å². The van der Waals surface area contributed by atoms with Gasteiger partial charge in [-0.3, -0.25) is 47.2 Å². The first kappa shape index (κ1) is 73.0. The van der Waals surface area contributed by atoms with E-state index in [0.717, 1.165) is 179 Å². The summed E-state index contributed by atoms with van der Waals surface area (Å²) in [5.41, 5.74) is 0.827. The maximum Gasteiger partial charge on any atom is 0.347 e. The Bertz CT molecular complexity index is 3370. The number of aromatic hydroxyl groups is 1. The third kappa shape index (κ3) is 22.0. The van der Waals surface area contributed by atoms with Crippen molar-refractivity contribution in [1.29, 1.82) is 0 Å². The fourth-order valence-corrected chi connectivity index (χ4v) is 10.1. The Labute approximate surface area is 522 Å². The molecule has 6 aromatic rings. The van der Waals surface area contributed by atoms with E-state index >= 15 is 0 Å². The van der Waals surface area contributed by atoms with E-state index in [9.17, 15) is 42.7 Å². The van der Waals surface area contributed by atoms with Crippen LogP contribution in [0, 0.1) is 0 Å². The minimum atomic E-state index is -0.497. The molecule has 486 valence electrons. The van der Waals surface area contributed by atoms with Gasteiger partial charge in [0.15, 0.2) is 0 Å². The highest BCUT2D eigenvalue weighted by Gasteiger charge is 2.22. The Hall–Kier alpha value is -7.49. The first-order chi connectivity index (χ1) is 41.7. The zero-order valence-corrected chi connectivity index (χ0v) is 51.6. The smallest absolute Gasteiger partial charge is 0.347 e. The standard InChI is InChI=1S/C20H28FN5O3.C19H27N5O3.C18H25N5O3.C2H4BrF.2CH4/c1-23-19(27)16-22-26(20(23)28)10-5-4-9-24-11-13-25(14-12-24)17-6-2-3-7-18(17)29-15-8-21;1-21-18(25)15-20-24(19(21)26)10-6-5-9-22-11-13-23(14-12-22)16-7-3-4-8-17(16)27-2;1-20-17(25)14-19-23(18(20)26)9-5-4-8-21-10-12-22(13-11-21)15-6-2-3-7-16(15)24;3-1-2-4;;/h2-3,6-7,16H,4-5,8-15H2,1H3;3-4,7-8,15H,5-6,9-14H2,1-2H3;2-3,6-7,14,24H,4-5,8-13H2,1H3;1-2H2;2*1H4. The average molecular weight is 1300 g/mol. The molecule has 0 unspecified atom stereocenters. The van der Waals surface area contributed by atoms with Crippen LogP contribution < -0.4 is 57.9 Å². The second kappa shape index (κ2) is 38.7. The number of nitrogens with zero attached hydrogens (tertiary/aromatic N) is 15. The van der Waals surface area contributed by atoms with Crippen molar-refractivity contribution in [3.05, 3.63) is 154 Å². The molecule has 0 spiro atoms. The number of hydrogen-bond donors (Lipinski definition) is 1. The number of methoxy groups -OCH3 is 1. The van der Waals surface area contributed by atoms with Gasteiger partial charge in [0.05, 0.1) is 30.8 Å². The number of ether oxygens (including phenoxy) is 2. The Morgan fingerprint density at radius 1 is 0.455 bits per heavy atom. The van der Waals surface area contributed by atoms with Gasteiger partial charge in [-0.15, -0.1) is 0 Å². The maximum absolute atomic E-state index is 12.4. The number of aryl methyl sites for hydroxylation is 3. The van der Waals surface area contributed by atoms with E-state index < -0.39 is 6.67 Å². The summed E-state index contributed by atoms with van der Waals surface area (Å²) in [7, 11) is 6.11. The molecular formula is C61H92BrF2N15O9. The van der Waals surface area contributed by atoms with Crippen molar-refractivity contribution in [1.82, 2.24) is 57.7 Å². The molecule has 3 aromatic heterocycles. The van der Waals surface area contributed by atoms with E-state index in [1.54, 1.807) is 13.2 Å². The number of phenolic OH excluding ortho intramolecular Hbond substituents is 1. The van der Waals surface area contributed by atoms with E-state index in [-0.39, 0.29) is 61.9 Å². The number of rotatable bonds is 23. The van der Waals surface area contributed by atoms with Crippen molar-refractivity contribution >= 4 is 33.0 Å². The van der Waals surface area contributed by atoms with Crippen LogP contribution in [0.3, 0.4) is 0 Å². The fourth-order valence-electron chi connectivity index (χ4n) is 10.1. The third-order valence-electron chi connectivity index (χ3n) is 15.1. The highest BCUT2D eigenvalue weighted by atomic mass is 79.9. The number of anilines is 3. The van der Waals surface area contributed by atoms with Gasteiger partial charge in [-0.25, -0.2) is 32.8 Å². The molecule has 6 heterocycles. The normalized spacial score (nSPS) is 14.4. The summed E-state index contributed by atoms with van der Waals surface area (Å²) < 4.78 is 41.4. The van der Waals surface area contributed by atoms with E-state index in [1.807, 2.05) is 60.7 Å². The quantitative estimate of drug-likeness (QED) is 0.0696. The van der Waals surface area contributed by atoms with Gasteiger partial charge in [0.2, 0.25) is 0 Å². The summed E-state index contributed by atoms with van der Waals surface area (Å²) in [5.74, 6) is 1.98. The van der Waals surface area contributed by atoms with Gasteiger partial charge in [0, 0.05) is 125 Å². The molecule has 0 atom stereocenters. The first-order valence-electron chi connectivity index (χ1n) is 29.3. The molecule has 3 aromatic carbocycles. The number of hydrogen-bond acceptors (Lipinski definition) is 18. The van der Waals surface area contributed by atoms with Crippen LogP contribution in [0.25, 0.3) is 0 Å². The van der Waals surface area contributed by atoms with Gasteiger partial charge >= 0.3 is 17.1 Å². The van der Waals surface area contributed by atoms with Gasteiger partial charge in [-0.1, -0.05) is 67.2 Å². The topological polar surface area (TPSA) is 229 Å². The SMILES string of the molecule is C.C.COc1ccccc1N1CCN(CCCCn2ncc(=O)n(C)c2=O)CC1.Cn1c(=O)cnn(CCCCN2CCN(c3ccccc3O)CC2)c1=O.Cn1c(=O)cnn(CCCCN2CCN(c3ccccc3OCCF)CC2)c1=O.FCCBr. The van der Waals surface area contributed by atoms with E-state index in [1.165, 1.54) is 53.8 Å². The van der Waals surface area contributed by atoms with Gasteiger partial charge in [-0.05, 0) is 94.6 Å². The van der Waals surface area contributed by atoms with E-state index in [0.29, 0.717) is 30.7 Å². The van der Waals surface area contributed by atoms with E-state index in [4.69, 9.17) is 9.47 Å². The minimum absolute atomic E-state index is 0. The minimum Gasteiger partial charge on any atom is -0.506 e. The van der Waals surface area contributed by atoms with Crippen molar-refractivity contribution in [3.63, 3.8) is 0 Å². The summed E-state index contributed by atoms with van der Waals surface area (Å²) in [6.07, 6.45) is 8.98. The molecule has 3 aliphatic heterocycles. The predicted molar refractivity (Wildman–Crippen MR) is 347 cm³/mol. The Morgan fingerprint density at radius 3 is 1.10 bits per heavy atom. The number of benzene rings is 3. The molecule has 24 nitrogen and oxygen atoms in total. The Morgan fingerprint density at radius 2 is 0.761 bits per heavy atom. The zero-order valence-electron chi connectivity index (χ0n) is 50.0. The van der Waals surface area contributed by atoms with Crippen LogP contribution in [-0.2, 0) is 40.8 Å². The average Bonchev–Trinajstić information content (AvgIpc) is 3.59. The van der Waals surface area contributed by atoms with Crippen LogP contribution in [0.1, 0.15) is 53.4 Å². The molecule has 3 saturated heterocycles. The van der Waals surface area contributed by atoms with Gasteiger partial charge in [-0.2, -0.15) is 15.3 Å². The number of phenols is 1. The maximum atomic E-state index is 12.4. The van der Waals surface area contributed by atoms with Crippen molar-refractivity contribution < 1.29 is 23.4 Å². The lowest BCUT2D eigenvalue weighted by molar-refractivity contribution is 0.247. The van der Waals surface area contributed by atoms with Gasteiger partial charge in [0.25, 0.3) is 16.7 Å². The van der Waals surface area contributed by atoms with Crippen molar-refractivity contribution in [2.45, 2.75) is 73.0 Å². The van der Waals surface area contributed by atoms with Crippen LogP contribution in [0.5, 0.6) is 17.2 Å². The number of aromatic nitrogens is 9. The predicted octanol–water partition coefficient (Wildman–Crippen LogP) is 4.32. The second-order valence-electron chi connectivity index (χ2n) is 20.8. The molecule has 0 radical (unpaired) electrons. The molecule has 0 saturated carbocycles. The van der Waals surface area contributed by atoms with Crippen LogP contribution in [-0.4, -0.2) is 193 Å². The highest BCUT2D eigenvalue weighted by Crippen LogP contribution is 2.30. The van der Waals surface area contributed by atoms with Gasteiger partial charge < -0.3 is 29.3 Å². The second-order valence-corrected chi connectivity index (χ2v) is 21.6. The zero-order chi connectivity index (χ0) is 61.8. The van der Waals surface area contributed by atoms with Crippen LogP contribution in [0.15, 0.2) is 120 Å². The fraction of sp³-hybridized carbons (Fsp3) is 0.557. The Kier molecular flexibility index (Phi) is 32.1. The first-order valence-corrected chi connectivity index (χ1v) is 30.4. The molecule has 0 aliphatic carbocycles. The molecular weight excluding hydrogens is 1200 g/mol. The molecule has 27 heteroatoms. The molecule has 0 bridgehead atoms. The lowest BCUT2D eigenvalue weighted by Crippen LogP contribution is -2.46. The molecule has 0 amide bonds. The summed E-state index contributed by atoms with van der Waals surface area (Å²) >= 11 is 2.87. The molecule has 1 N–H and O–H groups in total. The van der Waals surface area contributed by atoms with E-state index in [2.05, 4.69) is 66.7 Å². The van der Waals surface area contributed by atoms with Crippen molar-refractivity contribution in [2.75, 3.05) is 145 Å². The number of piperazine rings is 3. The Balaban J connectivity index is 0.000000271. The number of alkyl halides is 3. The monoisotopic (exact) mass is 1300 g/mol. The summed E-state index contributed by atoms with van der Waals surface area (Å²) in [6, 6.07) is 23.3. The van der Waals surface area contributed by atoms with Crippen LogP contribution in [0.2, 0.25) is 0 Å². The summed E-state index contributed by atoms with van der Waals surface area (Å²) in [5, 5.41) is 22.2. The van der Waals surface area contributed by atoms with Crippen LogP contribution in [0.4, 0.5) is 25.8 Å². The largest absolute Gasteiger partial charge is 0.506 e. The lowest BCUT2D eigenvalue weighted by atomic mass is 10.2. The molecule has 9 rings (SSSR count). The third-order valence-corrected chi connectivity index (χ3v) is 15.4. The van der Waals surface area contributed by atoms with Crippen LogP contribution >= 0.6 is 15.9 Å².